The van der Waals surface area contributed by atoms with E-state index < -0.39 is 48.6 Å². The van der Waals surface area contributed by atoms with Crippen molar-refractivity contribution in [1.82, 2.24) is 0 Å². The minimum atomic E-state index is -1.82. The number of benzene rings is 2. The molecule has 3 rings (SSSR count). The Morgan fingerprint density at radius 3 is 2.35 bits per heavy atom. The molecule has 34 heavy (non-hydrogen) atoms. The Bertz CT molecular complexity index is 1040. The van der Waals surface area contributed by atoms with E-state index in [0.29, 0.717) is 16.7 Å². The van der Waals surface area contributed by atoms with Crippen molar-refractivity contribution >= 4 is 17.7 Å². The van der Waals surface area contributed by atoms with Crippen LogP contribution >= 0.6 is 0 Å². The first-order chi connectivity index (χ1) is 16.2. The molecule has 0 saturated carbocycles. The highest BCUT2D eigenvalue weighted by Crippen LogP contribution is 2.26. The van der Waals surface area contributed by atoms with Crippen molar-refractivity contribution in [2.45, 2.75) is 43.5 Å². The molecule has 2 aromatic rings. The van der Waals surface area contributed by atoms with Gasteiger partial charge in [-0.2, -0.15) is 0 Å². The molecule has 180 valence electrons. The van der Waals surface area contributed by atoms with E-state index in [1.54, 1.807) is 54.6 Å². The van der Waals surface area contributed by atoms with E-state index in [9.17, 15) is 29.7 Å². The summed E-state index contributed by atoms with van der Waals surface area (Å²) in [6.45, 7) is 4.77. The van der Waals surface area contributed by atoms with Crippen LogP contribution < -0.4 is 0 Å². The largest absolute Gasteiger partial charge is 0.459 e. The number of hydrogen-bond acceptors (Lipinski definition) is 9. The van der Waals surface area contributed by atoms with E-state index in [1.165, 1.54) is 13.0 Å². The van der Waals surface area contributed by atoms with Crippen LogP contribution in [0.2, 0.25) is 0 Å². The van der Waals surface area contributed by atoms with Crippen molar-refractivity contribution in [3.05, 3.63) is 83.9 Å². The summed E-state index contributed by atoms with van der Waals surface area (Å²) in [5.74, 6) is -2.95. The Labute approximate surface area is 196 Å². The molecule has 0 spiro atoms. The summed E-state index contributed by atoms with van der Waals surface area (Å²) in [7, 11) is 0. The molecule has 0 aliphatic carbocycles. The summed E-state index contributed by atoms with van der Waals surface area (Å²) in [5.41, 5.74) is 1.34. The molecule has 0 aromatic heterocycles. The molecule has 6 atom stereocenters. The van der Waals surface area contributed by atoms with Crippen molar-refractivity contribution in [2.75, 3.05) is 6.61 Å². The quantitative estimate of drug-likeness (QED) is 0.294. The smallest absolute Gasteiger partial charge is 0.338 e. The van der Waals surface area contributed by atoms with Gasteiger partial charge in [0.05, 0.1) is 5.92 Å². The summed E-state index contributed by atoms with van der Waals surface area (Å²) >= 11 is 0. The molecule has 1 fully saturated rings. The average Bonchev–Trinajstić information content (AvgIpc) is 2.87. The predicted molar refractivity (Wildman–Crippen MR) is 119 cm³/mol. The Balaban J connectivity index is 1.72. The van der Waals surface area contributed by atoms with E-state index in [1.807, 2.05) is 0 Å². The van der Waals surface area contributed by atoms with Crippen molar-refractivity contribution in [3.8, 4) is 0 Å². The number of ether oxygens (including phenoxy) is 3. The fraction of sp³-hybridized carbons (Fsp3) is 0.320. The van der Waals surface area contributed by atoms with Crippen LogP contribution in [0.1, 0.15) is 34.3 Å². The molecule has 0 radical (unpaired) electrons. The second-order valence-electron chi connectivity index (χ2n) is 7.79. The SMILES string of the molecule is C=CCOC(=O)[C@@H]1O[C@@H](OC(=O)[C@@H](C)c2cccc(C(=O)c3ccccc3)c2)[C@@H](O)[C@@H](O)[C@@H]1O. The van der Waals surface area contributed by atoms with Gasteiger partial charge in [0.1, 0.15) is 24.9 Å². The number of esters is 2. The lowest BCUT2D eigenvalue weighted by Crippen LogP contribution is -2.61. The lowest BCUT2D eigenvalue weighted by molar-refractivity contribution is -0.287. The van der Waals surface area contributed by atoms with E-state index in [0.717, 1.165) is 0 Å². The van der Waals surface area contributed by atoms with Gasteiger partial charge in [-0.3, -0.25) is 9.59 Å². The van der Waals surface area contributed by atoms with Crippen LogP contribution in [0, 0.1) is 0 Å². The summed E-state index contributed by atoms with van der Waals surface area (Å²) in [6.07, 6.45) is -7.54. The molecular formula is C25H26O9. The van der Waals surface area contributed by atoms with Crippen LogP contribution in [-0.2, 0) is 23.8 Å². The second kappa shape index (κ2) is 11.2. The van der Waals surface area contributed by atoms with Crippen LogP contribution in [-0.4, -0.2) is 70.4 Å². The van der Waals surface area contributed by atoms with Crippen LogP contribution in [0.25, 0.3) is 0 Å². The van der Waals surface area contributed by atoms with E-state index in [2.05, 4.69) is 6.58 Å². The zero-order valence-electron chi connectivity index (χ0n) is 18.4. The van der Waals surface area contributed by atoms with Gasteiger partial charge < -0.3 is 29.5 Å². The van der Waals surface area contributed by atoms with Crippen LogP contribution in [0.4, 0.5) is 0 Å². The number of carbonyl (C=O) groups excluding carboxylic acids is 3. The highest BCUT2D eigenvalue weighted by Gasteiger charge is 2.49. The monoisotopic (exact) mass is 470 g/mol. The van der Waals surface area contributed by atoms with Gasteiger partial charge in [-0.15, -0.1) is 0 Å². The van der Waals surface area contributed by atoms with Gasteiger partial charge in [-0.1, -0.05) is 61.2 Å². The molecule has 9 heteroatoms. The van der Waals surface area contributed by atoms with Crippen molar-refractivity contribution in [3.63, 3.8) is 0 Å². The standard InChI is InChI=1S/C25H26O9/c1-3-12-32-24(31)22-20(28)19(27)21(29)25(33-22)34-23(30)14(2)16-10-7-11-17(13-16)18(26)15-8-5-4-6-9-15/h3-11,13-14,19-22,25,27-29H,1,12H2,2H3/t14-,19-,20-,21-,22+,25-/m0/s1. The van der Waals surface area contributed by atoms with Crippen molar-refractivity contribution in [2.24, 2.45) is 0 Å². The molecular weight excluding hydrogens is 444 g/mol. The third-order valence-electron chi connectivity index (χ3n) is 5.42. The molecule has 0 bridgehead atoms. The summed E-state index contributed by atoms with van der Waals surface area (Å²) < 4.78 is 15.3. The summed E-state index contributed by atoms with van der Waals surface area (Å²) in [6, 6.07) is 15.1. The third kappa shape index (κ3) is 5.57. The van der Waals surface area contributed by atoms with Gasteiger partial charge >= 0.3 is 11.9 Å². The Morgan fingerprint density at radius 2 is 1.68 bits per heavy atom. The number of aliphatic hydroxyl groups excluding tert-OH is 3. The first-order valence-electron chi connectivity index (χ1n) is 10.6. The zero-order chi connectivity index (χ0) is 24.8. The maximum absolute atomic E-state index is 12.8. The van der Waals surface area contributed by atoms with Gasteiger partial charge in [0.25, 0.3) is 0 Å². The Morgan fingerprint density at radius 1 is 1.00 bits per heavy atom. The summed E-state index contributed by atoms with van der Waals surface area (Å²) in [4.78, 5) is 37.6. The maximum atomic E-state index is 12.8. The Kier molecular flexibility index (Phi) is 8.30. The predicted octanol–water partition coefficient (Wildman–Crippen LogP) is 1.10. The second-order valence-corrected chi connectivity index (χ2v) is 7.79. The molecule has 0 amide bonds. The number of aliphatic hydroxyl groups is 3. The molecule has 1 aliphatic rings. The first kappa shape index (κ1) is 25.3. The van der Waals surface area contributed by atoms with Crippen LogP contribution in [0.3, 0.4) is 0 Å². The zero-order valence-corrected chi connectivity index (χ0v) is 18.4. The van der Waals surface area contributed by atoms with Gasteiger partial charge in [0.2, 0.25) is 6.29 Å². The van der Waals surface area contributed by atoms with Crippen LogP contribution in [0.5, 0.6) is 0 Å². The minimum Gasteiger partial charge on any atom is -0.459 e. The lowest BCUT2D eigenvalue weighted by Gasteiger charge is -2.38. The summed E-state index contributed by atoms with van der Waals surface area (Å²) in [5, 5.41) is 30.4. The van der Waals surface area contributed by atoms with Crippen LogP contribution in [0.15, 0.2) is 67.3 Å². The number of ketones is 1. The maximum Gasteiger partial charge on any atom is 0.338 e. The topological polar surface area (TPSA) is 140 Å². The third-order valence-corrected chi connectivity index (χ3v) is 5.42. The van der Waals surface area contributed by atoms with E-state index >= 15 is 0 Å². The fourth-order valence-corrected chi connectivity index (χ4v) is 3.42. The molecule has 9 nitrogen and oxygen atoms in total. The lowest BCUT2D eigenvalue weighted by atomic mass is 9.95. The number of carbonyl (C=O) groups is 3. The number of rotatable bonds is 8. The van der Waals surface area contributed by atoms with Gasteiger partial charge in [-0.05, 0) is 18.6 Å². The molecule has 2 aromatic carbocycles. The molecule has 1 saturated heterocycles. The molecule has 1 aliphatic heterocycles. The Hall–Kier alpha value is -3.37. The highest BCUT2D eigenvalue weighted by atomic mass is 16.7. The van der Waals surface area contributed by atoms with E-state index in [4.69, 9.17) is 14.2 Å². The van der Waals surface area contributed by atoms with Crippen molar-refractivity contribution in [1.29, 1.82) is 0 Å². The average molecular weight is 470 g/mol. The fourth-order valence-electron chi connectivity index (χ4n) is 3.42. The van der Waals surface area contributed by atoms with Gasteiger partial charge in [0, 0.05) is 11.1 Å². The number of hydrogen-bond donors (Lipinski definition) is 3. The highest BCUT2D eigenvalue weighted by molar-refractivity contribution is 6.09. The van der Waals surface area contributed by atoms with Gasteiger partial charge in [0.15, 0.2) is 11.9 Å². The molecule has 0 unspecified atom stereocenters. The van der Waals surface area contributed by atoms with Gasteiger partial charge in [-0.25, -0.2) is 4.79 Å². The molecule has 1 heterocycles. The van der Waals surface area contributed by atoms with E-state index in [-0.39, 0.29) is 12.4 Å². The molecule has 3 N–H and O–H groups in total. The first-order valence-corrected chi connectivity index (χ1v) is 10.6. The normalized spacial score (nSPS) is 25.1. The van der Waals surface area contributed by atoms with Crippen molar-refractivity contribution < 1.29 is 43.9 Å². The minimum absolute atomic E-state index is 0.163.